The number of ether oxygens (including phenoxy) is 3. The maximum absolute atomic E-state index is 12.2. The molecule has 1 amide bonds. The number of methoxy groups -OCH3 is 1. The average molecular weight is 450 g/mol. The monoisotopic (exact) mass is 449 g/mol. The number of anilines is 4. The standard InChI is InChI=1S/C24H27N5O4/c1-17-14-22(29-10-12-32-13-11-29)28-24(25-17)27-19-8-6-18(7-9-19)26-23(30)16-33-21-5-3-4-20(15-21)31-2/h3-9,14-15H,10-13,16H2,1-2H3,(H,26,30)(H,25,27,28). The van der Waals surface area contributed by atoms with E-state index in [0.717, 1.165) is 30.3 Å². The molecule has 3 aromatic rings. The Morgan fingerprint density at radius 2 is 1.76 bits per heavy atom. The zero-order valence-electron chi connectivity index (χ0n) is 18.7. The molecule has 0 radical (unpaired) electrons. The van der Waals surface area contributed by atoms with Crippen LogP contribution in [0.1, 0.15) is 5.69 Å². The number of amides is 1. The first-order valence-electron chi connectivity index (χ1n) is 10.7. The van der Waals surface area contributed by atoms with E-state index in [-0.39, 0.29) is 12.5 Å². The number of hydrogen-bond donors (Lipinski definition) is 2. The van der Waals surface area contributed by atoms with E-state index in [1.165, 1.54) is 0 Å². The first kappa shape index (κ1) is 22.3. The van der Waals surface area contributed by atoms with Crippen LogP contribution in [0.2, 0.25) is 0 Å². The van der Waals surface area contributed by atoms with Gasteiger partial charge in [-0.15, -0.1) is 0 Å². The first-order valence-corrected chi connectivity index (χ1v) is 10.7. The number of carbonyl (C=O) groups excluding carboxylic acids is 1. The molecular weight excluding hydrogens is 422 g/mol. The molecule has 2 N–H and O–H groups in total. The highest BCUT2D eigenvalue weighted by Gasteiger charge is 2.14. The van der Waals surface area contributed by atoms with Crippen LogP contribution >= 0.6 is 0 Å². The smallest absolute Gasteiger partial charge is 0.262 e. The van der Waals surface area contributed by atoms with E-state index in [0.29, 0.717) is 36.3 Å². The minimum atomic E-state index is -0.254. The van der Waals surface area contributed by atoms with Crippen LogP contribution in [0.5, 0.6) is 11.5 Å². The maximum atomic E-state index is 12.2. The van der Waals surface area contributed by atoms with Crippen molar-refractivity contribution in [3.05, 3.63) is 60.3 Å². The molecule has 1 aliphatic heterocycles. The normalized spacial score (nSPS) is 13.3. The predicted molar refractivity (Wildman–Crippen MR) is 127 cm³/mol. The van der Waals surface area contributed by atoms with Crippen LogP contribution < -0.4 is 25.0 Å². The molecule has 0 atom stereocenters. The molecule has 1 aromatic heterocycles. The average Bonchev–Trinajstić information content (AvgIpc) is 2.84. The second-order valence-electron chi connectivity index (χ2n) is 7.51. The summed E-state index contributed by atoms with van der Waals surface area (Å²) in [5, 5.41) is 6.05. The van der Waals surface area contributed by atoms with E-state index >= 15 is 0 Å². The van der Waals surface area contributed by atoms with Gasteiger partial charge in [0.05, 0.1) is 20.3 Å². The number of aromatic nitrogens is 2. The topological polar surface area (TPSA) is 97.8 Å². The number of hydrogen-bond acceptors (Lipinski definition) is 8. The summed E-state index contributed by atoms with van der Waals surface area (Å²) in [6, 6.07) is 16.4. The molecule has 9 nitrogen and oxygen atoms in total. The van der Waals surface area contributed by atoms with Gasteiger partial charge in [0.2, 0.25) is 5.95 Å². The molecule has 0 spiro atoms. The molecule has 172 valence electrons. The number of rotatable bonds is 8. The molecule has 9 heteroatoms. The van der Waals surface area contributed by atoms with Gasteiger partial charge in [0.15, 0.2) is 6.61 Å². The van der Waals surface area contributed by atoms with Crippen LogP contribution in [0.15, 0.2) is 54.6 Å². The summed E-state index contributed by atoms with van der Waals surface area (Å²) in [6.45, 7) is 4.86. The number of nitrogens with zero attached hydrogens (tertiary/aromatic N) is 3. The lowest BCUT2D eigenvalue weighted by molar-refractivity contribution is -0.118. The summed E-state index contributed by atoms with van der Waals surface area (Å²) in [4.78, 5) is 23.5. The number of morpholine rings is 1. The minimum absolute atomic E-state index is 0.103. The zero-order chi connectivity index (χ0) is 23.0. The van der Waals surface area contributed by atoms with Crippen molar-refractivity contribution in [1.82, 2.24) is 9.97 Å². The molecule has 1 fully saturated rings. The Labute approximate surface area is 192 Å². The van der Waals surface area contributed by atoms with E-state index in [2.05, 4.69) is 25.5 Å². The minimum Gasteiger partial charge on any atom is -0.497 e. The highest BCUT2D eigenvalue weighted by Crippen LogP contribution is 2.21. The second-order valence-corrected chi connectivity index (χ2v) is 7.51. The van der Waals surface area contributed by atoms with E-state index in [1.54, 1.807) is 25.3 Å². The Morgan fingerprint density at radius 1 is 1.03 bits per heavy atom. The van der Waals surface area contributed by atoms with Crippen LogP contribution in [-0.4, -0.2) is 55.9 Å². The number of benzene rings is 2. The fourth-order valence-corrected chi connectivity index (χ4v) is 3.37. The summed E-state index contributed by atoms with van der Waals surface area (Å²) in [5.41, 5.74) is 2.37. The predicted octanol–water partition coefficient (Wildman–Crippen LogP) is 3.39. The molecule has 0 aliphatic carbocycles. The highest BCUT2D eigenvalue weighted by molar-refractivity contribution is 5.92. The van der Waals surface area contributed by atoms with Gasteiger partial charge in [-0.05, 0) is 43.3 Å². The molecule has 4 rings (SSSR count). The molecular formula is C24H27N5O4. The van der Waals surface area contributed by atoms with Gasteiger partial charge in [-0.1, -0.05) is 6.07 Å². The molecule has 1 aliphatic rings. The number of carbonyl (C=O) groups is 1. The van der Waals surface area contributed by atoms with Gasteiger partial charge in [0, 0.05) is 42.3 Å². The Bertz CT molecular complexity index is 1080. The molecule has 0 unspecified atom stereocenters. The fraction of sp³-hybridized carbons (Fsp3) is 0.292. The lowest BCUT2D eigenvalue weighted by Gasteiger charge is -2.28. The third-order valence-corrected chi connectivity index (χ3v) is 5.01. The fourth-order valence-electron chi connectivity index (χ4n) is 3.37. The van der Waals surface area contributed by atoms with E-state index < -0.39 is 0 Å². The number of nitrogens with one attached hydrogen (secondary N) is 2. The van der Waals surface area contributed by atoms with E-state index in [1.807, 2.05) is 43.3 Å². The van der Waals surface area contributed by atoms with E-state index in [4.69, 9.17) is 14.2 Å². The Kier molecular flexibility index (Phi) is 7.21. The zero-order valence-corrected chi connectivity index (χ0v) is 18.7. The lowest BCUT2D eigenvalue weighted by Crippen LogP contribution is -2.36. The van der Waals surface area contributed by atoms with Gasteiger partial charge in [-0.25, -0.2) is 4.98 Å². The third kappa shape index (κ3) is 6.33. The Morgan fingerprint density at radius 3 is 2.52 bits per heavy atom. The van der Waals surface area contributed by atoms with Crippen molar-refractivity contribution in [1.29, 1.82) is 0 Å². The van der Waals surface area contributed by atoms with Crippen LogP contribution in [0.3, 0.4) is 0 Å². The van der Waals surface area contributed by atoms with Gasteiger partial charge < -0.3 is 29.7 Å². The van der Waals surface area contributed by atoms with Gasteiger partial charge in [0.1, 0.15) is 17.3 Å². The molecule has 2 aromatic carbocycles. The highest BCUT2D eigenvalue weighted by atomic mass is 16.5. The third-order valence-electron chi connectivity index (χ3n) is 5.01. The molecule has 2 heterocycles. The SMILES string of the molecule is COc1cccc(OCC(=O)Nc2ccc(Nc3nc(C)cc(N4CCOCC4)n3)cc2)c1. The largest absolute Gasteiger partial charge is 0.497 e. The van der Waals surface area contributed by atoms with Crippen LogP contribution in [0.4, 0.5) is 23.1 Å². The molecule has 33 heavy (non-hydrogen) atoms. The van der Waals surface area contributed by atoms with E-state index in [9.17, 15) is 4.79 Å². The van der Waals surface area contributed by atoms with Crippen molar-refractivity contribution in [3.63, 3.8) is 0 Å². The van der Waals surface area contributed by atoms with Crippen LogP contribution in [-0.2, 0) is 9.53 Å². The summed E-state index contributed by atoms with van der Waals surface area (Å²) >= 11 is 0. The van der Waals surface area contributed by atoms with Gasteiger partial charge >= 0.3 is 0 Å². The maximum Gasteiger partial charge on any atom is 0.262 e. The summed E-state index contributed by atoms with van der Waals surface area (Å²) in [6.07, 6.45) is 0. The summed E-state index contributed by atoms with van der Waals surface area (Å²) < 4.78 is 16.1. The van der Waals surface area contributed by atoms with Crippen LogP contribution in [0.25, 0.3) is 0 Å². The summed E-state index contributed by atoms with van der Waals surface area (Å²) in [7, 11) is 1.58. The molecule has 0 saturated carbocycles. The van der Waals surface area contributed by atoms with Crippen molar-refractivity contribution < 1.29 is 19.0 Å². The van der Waals surface area contributed by atoms with Crippen molar-refractivity contribution in [2.45, 2.75) is 6.92 Å². The lowest BCUT2D eigenvalue weighted by atomic mass is 10.2. The van der Waals surface area contributed by atoms with Crippen molar-refractivity contribution in [3.8, 4) is 11.5 Å². The van der Waals surface area contributed by atoms with Crippen molar-refractivity contribution in [2.75, 3.05) is 55.6 Å². The Hall–Kier alpha value is -3.85. The quantitative estimate of drug-likeness (QED) is 0.540. The Balaban J connectivity index is 1.32. The van der Waals surface area contributed by atoms with Crippen molar-refractivity contribution >= 4 is 29.0 Å². The van der Waals surface area contributed by atoms with Crippen molar-refractivity contribution in [2.24, 2.45) is 0 Å². The van der Waals surface area contributed by atoms with Crippen LogP contribution in [0, 0.1) is 6.92 Å². The number of aryl methyl sites for hydroxylation is 1. The molecule has 0 bridgehead atoms. The van der Waals surface area contributed by atoms with Gasteiger partial charge in [0.25, 0.3) is 5.91 Å². The second kappa shape index (κ2) is 10.6. The molecule has 1 saturated heterocycles. The summed E-state index contributed by atoms with van der Waals surface area (Å²) in [5.74, 6) is 2.40. The van der Waals surface area contributed by atoms with Gasteiger partial charge in [-0.2, -0.15) is 4.98 Å². The van der Waals surface area contributed by atoms with Gasteiger partial charge in [-0.3, -0.25) is 4.79 Å². The first-order chi connectivity index (χ1) is 16.1.